The number of nitrogens with zero attached hydrogens (tertiary/aromatic N) is 6. The van der Waals surface area contributed by atoms with Gasteiger partial charge in [-0.1, -0.05) is 23.5 Å². The van der Waals surface area contributed by atoms with Crippen molar-refractivity contribution in [3.63, 3.8) is 0 Å². The first-order chi connectivity index (χ1) is 11.9. The van der Waals surface area contributed by atoms with Crippen LogP contribution in [-0.4, -0.2) is 46.8 Å². The molecule has 11 heteroatoms. The summed E-state index contributed by atoms with van der Waals surface area (Å²) in [5.74, 6) is 2.18. The molecule has 134 valence electrons. The Labute approximate surface area is 152 Å². The molecular weight excluding hydrogens is 362 g/mol. The first kappa shape index (κ1) is 17.8. The van der Waals surface area contributed by atoms with Gasteiger partial charge in [-0.15, -0.1) is 0 Å². The summed E-state index contributed by atoms with van der Waals surface area (Å²) in [7, 11) is 4.76. The molecule has 2 aromatic heterocycles. The van der Waals surface area contributed by atoms with Gasteiger partial charge in [-0.3, -0.25) is 18.9 Å². The number of fused-ring (bicyclic) bond motifs is 1. The molecule has 25 heavy (non-hydrogen) atoms. The number of aryl methyl sites for hydroxylation is 2. The van der Waals surface area contributed by atoms with Crippen molar-refractivity contribution in [1.29, 1.82) is 0 Å². The molecule has 3 rings (SSSR count). The SMILES string of the molecule is C/C(CSC1=NCCS1)=N\Nc1nc2c(c(=O)n(C)c(=O)n2C)n1C. The number of aliphatic imine (C=N–C) groups is 1. The maximum absolute atomic E-state index is 12.3. The van der Waals surface area contributed by atoms with E-state index >= 15 is 0 Å². The summed E-state index contributed by atoms with van der Waals surface area (Å²) >= 11 is 3.42. The molecule has 0 aromatic carbocycles. The largest absolute Gasteiger partial charge is 0.332 e. The number of nitrogens with one attached hydrogen (secondary N) is 1. The molecule has 0 saturated carbocycles. The number of thioether (sulfide) groups is 2. The Kier molecular flexibility index (Phi) is 5.04. The first-order valence-corrected chi connectivity index (χ1v) is 9.59. The monoisotopic (exact) mass is 381 g/mol. The maximum Gasteiger partial charge on any atom is 0.332 e. The molecule has 9 nitrogen and oxygen atoms in total. The molecule has 0 fully saturated rings. The summed E-state index contributed by atoms with van der Waals surface area (Å²) in [6, 6.07) is 0. The predicted molar refractivity (Wildman–Crippen MR) is 105 cm³/mol. The Morgan fingerprint density at radius 1 is 1.28 bits per heavy atom. The average molecular weight is 381 g/mol. The summed E-state index contributed by atoms with van der Waals surface area (Å²) < 4.78 is 5.12. The number of hydrogen-bond donors (Lipinski definition) is 1. The molecule has 1 aliphatic rings. The fraction of sp³-hybridized carbons (Fsp3) is 0.500. The molecular formula is C14H19N7O2S2. The minimum Gasteiger partial charge on any atom is -0.306 e. The van der Waals surface area contributed by atoms with Gasteiger partial charge in [0.25, 0.3) is 5.56 Å². The van der Waals surface area contributed by atoms with Crippen LogP contribution in [0, 0.1) is 0 Å². The lowest BCUT2D eigenvalue weighted by molar-refractivity contribution is 0.705. The van der Waals surface area contributed by atoms with Gasteiger partial charge in [0.05, 0.1) is 6.54 Å². The molecule has 0 aliphatic carbocycles. The van der Waals surface area contributed by atoms with Crippen molar-refractivity contribution in [3.8, 4) is 0 Å². The van der Waals surface area contributed by atoms with Crippen molar-refractivity contribution < 1.29 is 0 Å². The molecule has 1 N–H and O–H groups in total. The summed E-state index contributed by atoms with van der Waals surface area (Å²) in [6.07, 6.45) is 0. The number of hydrazone groups is 1. The van der Waals surface area contributed by atoms with E-state index in [-0.39, 0.29) is 5.56 Å². The van der Waals surface area contributed by atoms with Crippen molar-refractivity contribution in [2.24, 2.45) is 31.2 Å². The second kappa shape index (κ2) is 7.08. The number of hydrogen-bond acceptors (Lipinski definition) is 8. The van der Waals surface area contributed by atoms with Gasteiger partial charge < -0.3 is 4.57 Å². The molecule has 0 saturated heterocycles. The standard InChI is InChI=1S/C14H19N7O2S2/c1-8(7-25-13-15-5-6-24-13)17-18-12-16-10-9(19(12)2)11(22)21(4)14(23)20(10)3/h5-7H2,1-4H3,(H,16,18)/b17-8+. The highest BCUT2D eigenvalue weighted by atomic mass is 32.2. The molecule has 1 aliphatic heterocycles. The smallest absolute Gasteiger partial charge is 0.306 e. The summed E-state index contributed by atoms with van der Waals surface area (Å²) in [6.45, 7) is 2.80. The lowest BCUT2D eigenvalue weighted by atomic mass is 10.5. The molecule has 3 heterocycles. The number of rotatable bonds is 4. The van der Waals surface area contributed by atoms with Crippen molar-refractivity contribution in [2.45, 2.75) is 6.92 Å². The molecule has 0 atom stereocenters. The third-order valence-corrected chi connectivity index (χ3v) is 6.19. The zero-order chi connectivity index (χ0) is 18.1. The zero-order valence-electron chi connectivity index (χ0n) is 14.4. The van der Waals surface area contributed by atoms with Gasteiger partial charge in [-0.25, -0.2) is 10.2 Å². The van der Waals surface area contributed by atoms with E-state index in [1.54, 1.807) is 42.2 Å². The number of aromatic nitrogens is 4. The van der Waals surface area contributed by atoms with Crippen molar-refractivity contribution >= 4 is 50.7 Å². The van der Waals surface area contributed by atoms with Gasteiger partial charge in [0.2, 0.25) is 5.95 Å². The average Bonchev–Trinajstić information content (AvgIpc) is 3.22. The van der Waals surface area contributed by atoms with Crippen LogP contribution in [0.5, 0.6) is 0 Å². The molecule has 0 amide bonds. The van der Waals surface area contributed by atoms with E-state index in [0.29, 0.717) is 17.1 Å². The Morgan fingerprint density at radius 2 is 2.04 bits per heavy atom. The van der Waals surface area contributed by atoms with Gasteiger partial charge in [0.1, 0.15) is 4.38 Å². The molecule has 0 spiro atoms. The third-order valence-electron chi connectivity index (χ3n) is 3.78. The second-order valence-corrected chi connectivity index (χ2v) is 7.92. The van der Waals surface area contributed by atoms with Crippen molar-refractivity contribution in [2.75, 3.05) is 23.5 Å². The maximum atomic E-state index is 12.3. The minimum absolute atomic E-state index is 0.331. The van der Waals surface area contributed by atoms with Crippen LogP contribution in [0.2, 0.25) is 0 Å². The van der Waals surface area contributed by atoms with E-state index < -0.39 is 5.69 Å². The fourth-order valence-corrected chi connectivity index (χ4v) is 4.24. The normalized spacial score (nSPS) is 15.0. The van der Waals surface area contributed by atoms with Crippen molar-refractivity contribution in [3.05, 3.63) is 20.8 Å². The van der Waals surface area contributed by atoms with Crippen LogP contribution in [0.25, 0.3) is 11.2 Å². The van der Waals surface area contributed by atoms with Crippen molar-refractivity contribution in [1.82, 2.24) is 18.7 Å². The summed E-state index contributed by atoms with van der Waals surface area (Å²) in [5.41, 5.74) is 3.66. The van der Waals surface area contributed by atoms with Crippen LogP contribution < -0.4 is 16.7 Å². The molecule has 0 unspecified atom stereocenters. The molecule has 0 bridgehead atoms. The highest BCUT2D eigenvalue weighted by molar-refractivity contribution is 8.39. The highest BCUT2D eigenvalue weighted by Crippen LogP contribution is 2.22. The highest BCUT2D eigenvalue weighted by Gasteiger charge is 2.16. The Hall–Kier alpha value is -2.01. The van der Waals surface area contributed by atoms with E-state index in [9.17, 15) is 9.59 Å². The predicted octanol–water partition coefficient (Wildman–Crippen LogP) is 0.594. The van der Waals surface area contributed by atoms with E-state index in [2.05, 4.69) is 20.5 Å². The van der Waals surface area contributed by atoms with Crippen LogP contribution in [0.4, 0.5) is 5.95 Å². The zero-order valence-corrected chi connectivity index (χ0v) is 16.1. The van der Waals surface area contributed by atoms with Gasteiger partial charge in [0, 0.05) is 38.4 Å². The van der Waals surface area contributed by atoms with Gasteiger partial charge in [-0.05, 0) is 6.92 Å². The third kappa shape index (κ3) is 3.38. The van der Waals surface area contributed by atoms with E-state index in [1.807, 2.05) is 6.92 Å². The lowest BCUT2D eigenvalue weighted by Gasteiger charge is -2.04. The minimum atomic E-state index is -0.409. The Morgan fingerprint density at radius 3 is 2.72 bits per heavy atom. The van der Waals surface area contributed by atoms with Crippen LogP contribution >= 0.6 is 23.5 Å². The molecule has 0 radical (unpaired) electrons. The fourth-order valence-electron chi connectivity index (χ4n) is 2.37. The lowest BCUT2D eigenvalue weighted by Crippen LogP contribution is -2.37. The van der Waals surface area contributed by atoms with Crippen LogP contribution in [-0.2, 0) is 21.1 Å². The van der Waals surface area contributed by atoms with E-state index in [0.717, 1.165) is 32.7 Å². The van der Waals surface area contributed by atoms with Crippen LogP contribution in [0.1, 0.15) is 6.92 Å². The Bertz CT molecular complexity index is 999. The quantitative estimate of drug-likeness (QED) is 0.615. The number of imidazole rings is 1. The summed E-state index contributed by atoms with van der Waals surface area (Å²) in [5, 5.41) is 4.32. The van der Waals surface area contributed by atoms with Crippen LogP contribution in [0.3, 0.4) is 0 Å². The summed E-state index contributed by atoms with van der Waals surface area (Å²) in [4.78, 5) is 33.1. The first-order valence-electron chi connectivity index (χ1n) is 7.61. The van der Waals surface area contributed by atoms with E-state index in [4.69, 9.17) is 0 Å². The number of anilines is 1. The van der Waals surface area contributed by atoms with Crippen LogP contribution in [0.15, 0.2) is 19.7 Å². The second-order valence-electron chi connectivity index (χ2n) is 5.62. The topological polar surface area (TPSA) is 98.6 Å². The van der Waals surface area contributed by atoms with Gasteiger partial charge in [0.15, 0.2) is 11.2 Å². The van der Waals surface area contributed by atoms with Gasteiger partial charge in [-0.2, -0.15) is 10.1 Å². The molecule has 2 aromatic rings. The van der Waals surface area contributed by atoms with Gasteiger partial charge >= 0.3 is 5.69 Å². The van der Waals surface area contributed by atoms with E-state index in [1.165, 1.54) is 11.6 Å². The Balaban J connectivity index is 1.84.